The van der Waals surface area contributed by atoms with Gasteiger partial charge in [-0.3, -0.25) is 9.36 Å². The summed E-state index contributed by atoms with van der Waals surface area (Å²) in [4.78, 5) is 27.1. The number of ether oxygens (including phenoxy) is 1. The van der Waals surface area contributed by atoms with Crippen LogP contribution in [0.5, 0.6) is 0 Å². The van der Waals surface area contributed by atoms with E-state index in [4.69, 9.17) is 4.74 Å². The summed E-state index contributed by atoms with van der Waals surface area (Å²) in [7, 11) is 1.74. The normalized spacial score (nSPS) is 19.0. The Morgan fingerprint density at radius 2 is 2.23 bits per heavy atom. The van der Waals surface area contributed by atoms with Crippen molar-refractivity contribution in [2.24, 2.45) is 7.05 Å². The summed E-state index contributed by atoms with van der Waals surface area (Å²) in [5.74, 6) is 0.651. The lowest BCUT2D eigenvalue weighted by Crippen LogP contribution is -2.35. The minimum atomic E-state index is -0.101. The van der Waals surface area contributed by atoms with E-state index in [1.807, 2.05) is 6.92 Å². The van der Waals surface area contributed by atoms with Crippen LogP contribution in [-0.2, 0) is 11.8 Å². The van der Waals surface area contributed by atoms with Gasteiger partial charge in [-0.15, -0.1) is 0 Å². The minimum Gasteiger partial charge on any atom is -0.377 e. The summed E-state index contributed by atoms with van der Waals surface area (Å²) < 4.78 is 7.23. The van der Waals surface area contributed by atoms with E-state index >= 15 is 0 Å². The van der Waals surface area contributed by atoms with E-state index in [1.54, 1.807) is 23.9 Å². The summed E-state index contributed by atoms with van der Waals surface area (Å²) in [5.41, 5.74) is 1.11. The fraction of sp³-hybridized carbons (Fsp3) is 0.467. The van der Waals surface area contributed by atoms with Gasteiger partial charge in [0.15, 0.2) is 0 Å². The number of nitrogens with zero attached hydrogens (tertiary/aromatic N) is 5. The van der Waals surface area contributed by atoms with Gasteiger partial charge in [0.05, 0.1) is 17.5 Å². The molecule has 2 aromatic heterocycles. The van der Waals surface area contributed by atoms with Crippen LogP contribution in [0.15, 0.2) is 29.5 Å². The van der Waals surface area contributed by atoms with Gasteiger partial charge in [-0.1, -0.05) is 0 Å². The molecule has 116 valence electrons. The van der Waals surface area contributed by atoms with Gasteiger partial charge >= 0.3 is 0 Å². The number of anilines is 1. The number of hydrogen-bond donors (Lipinski definition) is 0. The number of rotatable bonds is 2. The van der Waals surface area contributed by atoms with Crippen LogP contribution >= 0.6 is 0 Å². The predicted octanol–water partition coefficient (Wildman–Crippen LogP) is 0.852. The molecule has 1 atom stereocenters. The van der Waals surface area contributed by atoms with E-state index in [2.05, 4.69) is 19.9 Å². The Bertz CT molecular complexity index is 701. The van der Waals surface area contributed by atoms with E-state index in [1.165, 1.54) is 12.4 Å². The van der Waals surface area contributed by atoms with Crippen LogP contribution < -0.4 is 10.5 Å². The molecule has 1 fully saturated rings. The molecule has 0 spiro atoms. The maximum Gasteiger partial charge on any atom is 0.255 e. The lowest BCUT2D eigenvalue weighted by molar-refractivity contribution is 0.0819. The van der Waals surface area contributed by atoms with Gasteiger partial charge in [0.25, 0.3) is 5.56 Å². The van der Waals surface area contributed by atoms with Gasteiger partial charge in [0, 0.05) is 39.0 Å². The maximum atomic E-state index is 12.3. The minimum absolute atomic E-state index is 0.101. The van der Waals surface area contributed by atoms with Crippen molar-refractivity contribution in [1.29, 1.82) is 0 Å². The van der Waals surface area contributed by atoms with Crippen molar-refractivity contribution in [1.82, 2.24) is 19.5 Å². The molecule has 3 rings (SSSR count). The quantitative estimate of drug-likeness (QED) is 0.819. The van der Waals surface area contributed by atoms with Crippen molar-refractivity contribution in [2.75, 3.05) is 24.6 Å². The molecule has 22 heavy (non-hydrogen) atoms. The zero-order valence-electron chi connectivity index (χ0n) is 12.8. The molecule has 1 saturated heterocycles. The van der Waals surface area contributed by atoms with Crippen LogP contribution in [0.25, 0.3) is 11.4 Å². The maximum absolute atomic E-state index is 12.3. The fourth-order valence-electron chi connectivity index (χ4n) is 2.56. The molecular formula is C15H19N5O2. The molecule has 7 nitrogen and oxygen atoms in total. The topological polar surface area (TPSA) is 73.1 Å². The van der Waals surface area contributed by atoms with Crippen LogP contribution in [0.1, 0.15) is 13.3 Å². The van der Waals surface area contributed by atoms with Crippen molar-refractivity contribution >= 4 is 5.95 Å². The van der Waals surface area contributed by atoms with E-state index in [0.717, 1.165) is 19.6 Å². The standard InChI is InChI=1S/C15H19N5O2/c1-11-9-20(6-3-7-22-11)15-18-13(8-14(21)19(15)2)12-4-5-16-10-17-12/h4-5,8,10-11H,3,6-7,9H2,1-2H3. The van der Waals surface area contributed by atoms with E-state index < -0.39 is 0 Å². The smallest absolute Gasteiger partial charge is 0.255 e. The first-order valence-electron chi connectivity index (χ1n) is 7.36. The number of aromatic nitrogens is 4. The summed E-state index contributed by atoms with van der Waals surface area (Å²) in [6.07, 6.45) is 4.12. The van der Waals surface area contributed by atoms with Crippen molar-refractivity contribution in [2.45, 2.75) is 19.4 Å². The Kier molecular flexibility index (Phi) is 4.15. The summed E-state index contributed by atoms with van der Waals surface area (Å²) >= 11 is 0. The molecule has 0 aromatic carbocycles. The summed E-state index contributed by atoms with van der Waals surface area (Å²) in [5, 5.41) is 0. The SMILES string of the molecule is CC1CN(c2nc(-c3ccncn3)cc(=O)n2C)CCCO1. The van der Waals surface area contributed by atoms with Crippen LogP contribution in [0.4, 0.5) is 5.95 Å². The molecule has 1 aliphatic rings. The van der Waals surface area contributed by atoms with E-state index in [9.17, 15) is 4.79 Å². The monoisotopic (exact) mass is 301 g/mol. The highest BCUT2D eigenvalue weighted by Gasteiger charge is 2.20. The molecule has 0 aliphatic carbocycles. The van der Waals surface area contributed by atoms with Gasteiger partial charge in [-0.05, 0) is 19.4 Å². The zero-order valence-corrected chi connectivity index (χ0v) is 12.8. The molecule has 3 heterocycles. The second-order valence-electron chi connectivity index (χ2n) is 5.41. The first-order chi connectivity index (χ1) is 10.6. The van der Waals surface area contributed by atoms with Crippen molar-refractivity contribution in [3.05, 3.63) is 35.0 Å². The molecular weight excluding hydrogens is 282 g/mol. The van der Waals surface area contributed by atoms with Crippen molar-refractivity contribution < 1.29 is 4.74 Å². The first kappa shape index (κ1) is 14.6. The lowest BCUT2D eigenvalue weighted by Gasteiger charge is -2.25. The average molecular weight is 301 g/mol. The Morgan fingerprint density at radius 1 is 1.36 bits per heavy atom. The fourth-order valence-corrected chi connectivity index (χ4v) is 2.56. The van der Waals surface area contributed by atoms with Gasteiger partial charge < -0.3 is 9.64 Å². The van der Waals surface area contributed by atoms with Crippen LogP contribution in [-0.4, -0.2) is 45.3 Å². The molecule has 0 radical (unpaired) electrons. The molecule has 0 amide bonds. The van der Waals surface area contributed by atoms with Gasteiger partial charge in [0.2, 0.25) is 5.95 Å². The molecule has 1 aliphatic heterocycles. The molecule has 2 aromatic rings. The molecule has 7 heteroatoms. The Labute approximate surface area is 128 Å². The van der Waals surface area contributed by atoms with Crippen molar-refractivity contribution in [3.63, 3.8) is 0 Å². The highest BCUT2D eigenvalue weighted by atomic mass is 16.5. The first-order valence-corrected chi connectivity index (χ1v) is 7.36. The summed E-state index contributed by atoms with van der Waals surface area (Å²) in [6.45, 7) is 4.30. The molecule has 0 bridgehead atoms. The highest BCUT2D eigenvalue weighted by Crippen LogP contribution is 2.18. The largest absolute Gasteiger partial charge is 0.377 e. The van der Waals surface area contributed by atoms with Crippen molar-refractivity contribution in [3.8, 4) is 11.4 Å². The van der Waals surface area contributed by atoms with Crippen LogP contribution in [0.2, 0.25) is 0 Å². The zero-order chi connectivity index (χ0) is 15.5. The van der Waals surface area contributed by atoms with Crippen LogP contribution in [0, 0.1) is 0 Å². The molecule has 0 N–H and O–H groups in total. The third kappa shape index (κ3) is 2.99. The molecule has 1 unspecified atom stereocenters. The lowest BCUT2D eigenvalue weighted by atomic mass is 10.3. The Hall–Kier alpha value is -2.28. The third-order valence-corrected chi connectivity index (χ3v) is 3.69. The van der Waals surface area contributed by atoms with Gasteiger partial charge in [0.1, 0.15) is 6.33 Å². The number of hydrogen-bond acceptors (Lipinski definition) is 6. The second kappa shape index (κ2) is 6.23. The van der Waals surface area contributed by atoms with Crippen LogP contribution in [0.3, 0.4) is 0 Å². The summed E-state index contributed by atoms with van der Waals surface area (Å²) in [6, 6.07) is 3.25. The Balaban J connectivity index is 2.03. The third-order valence-electron chi connectivity index (χ3n) is 3.69. The van der Waals surface area contributed by atoms with Gasteiger partial charge in [-0.25, -0.2) is 15.0 Å². The Morgan fingerprint density at radius 3 is 3.00 bits per heavy atom. The molecule has 0 saturated carbocycles. The van der Waals surface area contributed by atoms with E-state index in [-0.39, 0.29) is 11.7 Å². The average Bonchev–Trinajstić information content (AvgIpc) is 2.75. The van der Waals surface area contributed by atoms with Gasteiger partial charge in [-0.2, -0.15) is 0 Å². The van der Waals surface area contributed by atoms with E-state index in [0.29, 0.717) is 23.9 Å². The highest BCUT2D eigenvalue weighted by molar-refractivity contribution is 5.55. The predicted molar refractivity (Wildman–Crippen MR) is 82.7 cm³/mol. The second-order valence-corrected chi connectivity index (χ2v) is 5.41.